The van der Waals surface area contributed by atoms with Gasteiger partial charge in [-0.1, -0.05) is 55.9 Å². The van der Waals surface area contributed by atoms with Crippen molar-refractivity contribution in [1.29, 1.82) is 0 Å². The zero-order valence-corrected chi connectivity index (χ0v) is 17.2. The third-order valence-electron chi connectivity index (χ3n) is 3.86. The molecule has 0 spiro atoms. The fraction of sp³-hybridized carbons (Fsp3) is 0.136. The number of benzene rings is 2. The second-order valence-electron chi connectivity index (χ2n) is 5.87. The number of pyridine rings is 1. The molecule has 0 aliphatic carbocycles. The van der Waals surface area contributed by atoms with Crippen LogP contribution in [0.25, 0.3) is 11.0 Å². The maximum atomic E-state index is 13.8. The van der Waals surface area contributed by atoms with Crippen LogP contribution in [0.15, 0.2) is 70.7 Å². The van der Waals surface area contributed by atoms with E-state index < -0.39 is 17.2 Å². The van der Waals surface area contributed by atoms with Crippen LogP contribution in [0.5, 0.6) is 11.5 Å². The summed E-state index contributed by atoms with van der Waals surface area (Å²) in [6, 6.07) is 14.2. The first-order chi connectivity index (χ1) is 14.6. The summed E-state index contributed by atoms with van der Waals surface area (Å²) in [6.45, 7) is 4.00. The number of ether oxygens (including phenoxy) is 1. The van der Waals surface area contributed by atoms with E-state index in [0.29, 0.717) is 28.0 Å². The number of nitrogens with one attached hydrogen (secondary N) is 1. The highest BCUT2D eigenvalue weighted by Crippen LogP contribution is 2.25. The predicted octanol–water partition coefficient (Wildman–Crippen LogP) is 5.71. The lowest BCUT2D eigenvalue weighted by atomic mass is 10.2. The zero-order valence-electron chi connectivity index (χ0n) is 16.4. The minimum Gasteiger partial charge on any atom is -0.448 e. The normalized spacial score (nSPS) is 10.4. The molecule has 8 heteroatoms. The van der Waals surface area contributed by atoms with Gasteiger partial charge < -0.3 is 9.72 Å². The van der Waals surface area contributed by atoms with Gasteiger partial charge in [0.05, 0.1) is 0 Å². The molecule has 1 N–H and O–H groups in total. The minimum absolute atomic E-state index is 0.133. The third kappa shape index (κ3) is 5.21. The summed E-state index contributed by atoms with van der Waals surface area (Å²) >= 11 is 1.44. The summed E-state index contributed by atoms with van der Waals surface area (Å²) in [6.07, 6.45) is 1.56. The molecule has 2 aromatic carbocycles. The van der Waals surface area contributed by atoms with E-state index >= 15 is 0 Å². The van der Waals surface area contributed by atoms with E-state index in [9.17, 15) is 13.6 Å². The van der Waals surface area contributed by atoms with Gasteiger partial charge >= 0.3 is 0 Å². The Morgan fingerprint density at radius 2 is 1.80 bits per heavy atom. The Labute approximate surface area is 176 Å². The van der Waals surface area contributed by atoms with Gasteiger partial charge in [-0.15, -0.1) is 0 Å². The van der Waals surface area contributed by atoms with Crippen molar-refractivity contribution in [2.24, 2.45) is 0 Å². The first-order valence-electron chi connectivity index (χ1n) is 9.28. The van der Waals surface area contributed by atoms with Crippen LogP contribution < -0.4 is 10.3 Å². The fourth-order valence-electron chi connectivity index (χ4n) is 2.50. The lowest BCUT2D eigenvalue weighted by Crippen LogP contribution is -2.10. The highest BCUT2D eigenvalue weighted by molar-refractivity contribution is 7.98. The molecule has 154 valence electrons. The Balaban J connectivity index is 0.00000124. The van der Waals surface area contributed by atoms with Crippen LogP contribution in [0.1, 0.15) is 19.4 Å². The summed E-state index contributed by atoms with van der Waals surface area (Å²) in [5.74, 6) is -1.31. The number of aromatic amines is 1. The molecule has 4 aromatic rings. The van der Waals surface area contributed by atoms with Crippen molar-refractivity contribution in [3.8, 4) is 11.5 Å². The number of hydrogen-bond donors (Lipinski definition) is 1. The highest BCUT2D eigenvalue weighted by Gasteiger charge is 2.11. The first kappa shape index (κ1) is 21.4. The first-order valence-corrected chi connectivity index (χ1v) is 10.3. The van der Waals surface area contributed by atoms with Crippen LogP contribution in [-0.2, 0) is 5.75 Å². The molecule has 0 aliphatic heterocycles. The molecule has 0 fully saturated rings. The van der Waals surface area contributed by atoms with E-state index in [4.69, 9.17) is 4.74 Å². The standard InChI is InChI=1S/C20H13F2N3O2S.C2H6/c21-14-6-7-16(15(22)9-14)27-17-8-13-10-23-20(25-18(13)24-19(17)26)28-11-12-4-2-1-3-5-12;1-2/h1-10H,11H2,(H,23,24,25,26);1-2H3. The molecule has 0 unspecified atom stereocenters. The van der Waals surface area contributed by atoms with Crippen molar-refractivity contribution in [2.75, 3.05) is 0 Å². The van der Waals surface area contributed by atoms with Crippen molar-refractivity contribution in [2.45, 2.75) is 24.8 Å². The van der Waals surface area contributed by atoms with E-state index in [-0.39, 0.29) is 11.5 Å². The third-order valence-corrected chi connectivity index (χ3v) is 4.79. The van der Waals surface area contributed by atoms with Gasteiger partial charge in [-0.3, -0.25) is 4.79 Å². The Hall–Kier alpha value is -3.26. The minimum atomic E-state index is -0.900. The van der Waals surface area contributed by atoms with Crippen molar-refractivity contribution in [3.63, 3.8) is 0 Å². The van der Waals surface area contributed by atoms with Crippen molar-refractivity contribution < 1.29 is 13.5 Å². The van der Waals surface area contributed by atoms with Gasteiger partial charge in [0.25, 0.3) is 5.56 Å². The number of H-pyrrole nitrogens is 1. The van der Waals surface area contributed by atoms with Gasteiger partial charge in [0.15, 0.2) is 22.5 Å². The maximum absolute atomic E-state index is 13.8. The molecule has 0 saturated carbocycles. The largest absolute Gasteiger partial charge is 0.448 e. The zero-order chi connectivity index (χ0) is 21.5. The average Bonchev–Trinajstić information content (AvgIpc) is 2.76. The van der Waals surface area contributed by atoms with E-state index in [1.54, 1.807) is 6.20 Å². The number of halogens is 2. The van der Waals surface area contributed by atoms with Gasteiger partial charge in [-0.25, -0.2) is 18.7 Å². The Kier molecular flexibility index (Phi) is 7.13. The molecule has 0 radical (unpaired) electrons. The lowest BCUT2D eigenvalue weighted by Gasteiger charge is -2.07. The van der Waals surface area contributed by atoms with Crippen LogP contribution in [0.2, 0.25) is 0 Å². The van der Waals surface area contributed by atoms with Crippen LogP contribution in [0.4, 0.5) is 8.78 Å². The van der Waals surface area contributed by atoms with E-state index in [2.05, 4.69) is 15.0 Å². The Morgan fingerprint density at radius 3 is 2.53 bits per heavy atom. The van der Waals surface area contributed by atoms with Crippen molar-refractivity contribution in [3.05, 3.63) is 88.3 Å². The number of aromatic nitrogens is 3. The number of hydrogen-bond acceptors (Lipinski definition) is 5. The van der Waals surface area contributed by atoms with Gasteiger partial charge in [-0.2, -0.15) is 0 Å². The monoisotopic (exact) mass is 427 g/mol. The molecular formula is C22H19F2N3O2S. The summed E-state index contributed by atoms with van der Waals surface area (Å²) in [5.41, 5.74) is 0.909. The second kappa shape index (κ2) is 9.98. The average molecular weight is 427 g/mol. The van der Waals surface area contributed by atoms with E-state index in [0.717, 1.165) is 17.7 Å². The van der Waals surface area contributed by atoms with Crippen LogP contribution in [0.3, 0.4) is 0 Å². The molecule has 0 aliphatic rings. The van der Waals surface area contributed by atoms with Gasteiger partial charge in [0.2, 0.25) is 0 Å². The number of thioether (sulfide) groups is 1. The summed E-state index contributed by atoms with van der Waals surface area (Å²) in [5, 5.41) is 1.05. The molecule has 0 bridgehead atoms. The molecule has 0 amide bonds. The number of fused-ring (bicyclic) bond motifs is 1. The molecule has 0 saturated heterocycles. The van der Waals surface area contributed by atoms with Gasteiger partial charge in [0, 0.05) is 23.4 Å². The second-order valence-corrected chi connectivity index (χ2v) is 6.81. The molecule has 0 atom stereocenters. The number of rotatable bonds is 5. The fourth-order valence-corrected chi connectivity index (χ4v) is 3.27. The van der Waals surface area contributed by atoms with Crippen molar-refractivity contribution >= 4 is 22.8 Å². The van der Waals surface area contributed by atoms with Gasteiger partial charge in [0.1, 0.15) is 11.5 Å². The summed E-state index contributed by atoms with van der Waals surface area (Å²) in [7, 11) is 0. The predicted molar refractivity (Wildman–Crippen MR) is 114 cm³/mol. The summed E-state index contributed by atoms with van der Waals surface area (Å²) in [4.78, 5) is 23.5. The molecule has 2 heterocycles. The van der Waals surface area contributed by atoms with Gasteiger partial charge in [-0.05, 0) is 23.8 Å². The van der Waals surface area contributed by atoms with Crippen LogP contribution >= 0.6 is 11.8 Å². The lowest BCUT2D eigenvalue weighted by molar-refractivity contribution is 0.433. The Morgan fingerprint density at radius 1 is 1.03 bits per heavy atom. The maximum Gasteiger partial charge on any atom is 0.292 e. The SMILES string of the molecule is CC.O=c1[nH]c2nc(SCc3ccccc3)ncc2cc1Oc1ccc(F)cc1F. The van der Waals surface area contributed by atoms with E-state index in [1.165, 1.54) is 17.8 Å². The van der Waals surface area contributed by atoms with Crippen LogP contribution in [-0.4, -0.2) is 15.0 Å². The molecule has 2 aromatic heterocycles. The molecular weight excluding hydrogens is 408 g/mol. The highest BCUT2D eigenvalue weighted by atomic mass is 32.2. The molecule has 4 rings (SSSR count). The quantitative estimate of drug-likeness (QED) is 0.327. The topological polar surface area (TPSA) is 67.9 Å². The molecule has 30 heavy (non-hydrogen) atoms. The van der Waals surface area contributed by atoms with E-state index in [1.807, 2.05) is 44.2 Å². The van der Waals surface area contributed by atoms with Crippen LogP contribution in [0, 0.1) is 11.6 Å². The smallest absolute Gasteiger partial charge is 0.292 e. The number of nitrogens with zero attached hydrogens (tertiary/aromatic N) is 2. The molecule has 5 nitrogen and oxygen atoms in total. The Bertz CT molecular complexity index is 1200. The van der Waals surface area contributed by atoms with Crippen molar-refractivity contribution in [1.82, 2.24) is 15.0 Å². The summed E-state index contributed by atoms with van der Waals surface area (Å²) < 4.78 is 32.0.